The second-order valence-electron chi connectivity index (χ2n) is 6.04. The van der Waals surface area contributed by atoms with Crippen LogP contribution in [0.3, 0.4) is 0 Å². The van der Waals surface area contributed by atoms with Crippen LogP contribution in [-0.4, -0.2) is 16.8 Å². The summed E-state index contributed by atoms with van der Waals surface area (Å²) < 4.78 is 0. The van der Waals surface area contributed by atoms with Gasteiger partial charge in [0, 0.05) is 27.9 Å². The number of amides is 2. The molecule has 1 aromatic heterocycles. The van der Waals surface area contributed by atoms with Crippen molar-refractivity contribution in [3.8, 4) is 11.3 Å². The molecule has 144 valence electrons. The van der Waals surface area contributed by atoms with Gasteiger partial charge < -0.3 is 10.6 Å². The van der Waals surface area contributed by atoms with Crippen LogP contribution < -0.4 is 10.6 Å². The maximum Gasteiger partial charge on any atom is 0.228 e. The molecule has 0 aliphatic carbocycles. The van der Waals surface area contributed by atoms with Gasteiger partial charge in [-0.2, -0.15) is 0 Å². The topological polar surface area (TPSA) is 71.1 Å². The third-order valence-corrected chi connectivity index (χ3v) is 5.38. The Morgan fingerprint density at radius 2 is 1.75 bits per heavy atom. The average molecular weight is 434 g/mol. The normalized spacial score (nSPS) is 11.7. The van der Waals surface area contributed by atoms with Crippen molar-refractivity contribution < 1.29 is 9.59 Å². The van der Waals surface area contributed by atoms with Crippen LogP contribution in [0.4, 0.5) is 5.13 Å². The van der Waals surface area contributed by atoms with E-state index in [9.17, 15) is 9.59 Å². The first-order valence-electron chi connectivity index (χ1n) is 8.46. The molecular formula is C20H17Cl2N3O2S. The van der Waals surface area contributed by atoms with Gasteiger partial charge in [0.1, 0.15) is 0 Å². The summed E-state index contributed by atoms with van der Waals surface area (Å²) in [4.78, 5) is 28.5. The molecule has 1 heterocycles. The number of benzene rings is 2. The number of nitrogens with zero attached hydrogens (tertiary/aromatic N) is 1. The van der Waals surface area contributed by atoms with Gasteiger partial charge in [0.25, 0.3) is 0 Å². The van der Waals surface area contributed by atoms with Crippen LogP contribution in [0.2, 0.25) is 10.0 Å². The molecule has 1 atom stereocenters. The Kier molecular flexibility index (Phi) is 6.67. The summed E-state index contributed by atoms with van der Waals surface area (Å²) in [5, 5.41) is 8.92. The fourth-order valence-corrected chi connectivity index (χ4v) is 3.95. The Morgan fingerprint density at radius 3 is 2.43 bits per heavy atom. The number of hydrogen-bond acceptors (Lipinski definition) is 4. The lowest BCUT2D eigenvalue weighted by atomic mass is 10.0. The first-order valence-corrected chi connectivity index (χ1v) is 10.1. The predicted molar refractivity (Wildman–Crippen MR) is 114 cm³/mol. The first-order chi connectivity index (χ1) is 13.4. The third-order valence-electron chi connectivity index (χ3n) is 3.95. The van der Waals surface area contributed by atoms with Crippen molar-refractivity contribution in [3.05, 3.63) is 69.5 Å². The molecule has 0 aliphatic heterocycles. The van der Waals surface area contributed by atoms with Crippen LogP contribution in [0.5, 0.6) is 0 Å². The van der Waals surface area contributed by atoms with Crippen LogP contribution in [-0.2, 0) is 9.59 Å². The molecule has 0 bridgehead atoms. The minimum Gasteiger partial charge on any atom is -0.349 e. The van der Waals surface area contributed by atoms with Gasteiger partial charge in [-0.3, -0.25) is 9.59 Å². The molecule has 28 heavy (non-hydrogen) atoms. The minimum atomic E-state index is -0.533. The first kappa shape index (κ1) is 20.3. The van der Waals surface area contributed by atoms with Crippen molar-refractivity contribution in [1.29, 1.82) is 0 Å². The average Bonchev–Trinajstić information content (AvgIpc) is 3.09. The van der Waals surface area contributed by atoms with E-state index in [0.717, 1.165) is 5.56 Å². The summed E-state index contributed by atoms with van der Waals surface area (Å²) in [7, 11) is 0. The molecule has 0 fully saturated rings. The van der Waals surface area contributed by atoms with E-state index in [1.165, 1.54) is 18.3 Å². The summed E-state index contributed by atoms with van der Waals surface area (Å²) in [5.74, 6) is -0.522. The number of thiazole rings is 1. The number of carbonyl (C=O) groups excluding carboxylic acids is 2. The molecule has 2 N–H and O–H groups in total. The monoisotopic (exact) mass is 433 g/mol. The smallest absolute Gasteiger partial charge is 0.228 e. The molecule has 5 nitrogen and oxygen atoms in total. The highest BCUT2D eigenvalue weighted by molar-refractivity contribution is 7.14. The lowest BCUT2D eigenvalue weighted by Crippen LogP contribution is -2.30. The van der Waals surface area contributed by atoms with Gasteiger partial charge in [0.05, 0.1) is 18.2 Å². The second kappa shape index (κ2) is 9.19. The van der Waals surface area contributed by atoms with E-state index in [-0.39, 0.29) is 18.2 Å². The van der Waals surface area contributed by atoms with Gasteiger partial charge in [-0.25, -0.2) is 4.98 Å². The fourth-order valence-electron chi connectivity index (χ4n) is 2.72. The summed E-state index contributed by atoms with van der Waals surface area (Å²) >= 11 is 13.7. The fraction of sp³-hybridized carbons (Fsp3) is 0.150. The Balaban J connectivity index is 1.72. The molecular weight excluding hydrogens is 417 g/mol. The Bertz CT molecular complexity index is 1010. The van der Waals surface area contributed by atoms with Gasteiger partial charge in [-0.15, -0.1) is 11.3 Å². The number of anilines is 1. The van der Waals surface area contributed by atoms with Crippen LogP contribution in [0.1, 0.15) is 24.9 Å². The van der Waals surface area contributed by atoms with E-state index in [2.05, 4.69) is 15.6 Å². The van der Waals surface area contributed by atoms with E-state index >= 15 is 0 Å². The highest BCUT2D eigenvalue weighted by Crippen LogP contribution is 2.31. The van der Waals surface area contributed by atoms with Gasteiger partial charge in [-0.05, 0) is 17.7 Å². The number of nitrogens with one attached hydrogen (secondary N) is 2. The highest BCUT2D eigenvalue weighted by atomic mass is 35.5. The zero-order chi connectivity index (χ0) is 20.1. The molecule has 0 radical (unpaired) electrons. The molecule has 0 saturated heterocycles. The number of hydrogen-bond donors (Lipinski definition) is 2. The molecule has 2 aromatic carbocycles. The SMILES string of the molecule is CC(=O)NC(CC(=O)Nc1nc(-c2ccccc2Cl)cs1)c1ccccc1Cl. The van der Waals surface area contributed by atoms with Gasteiger partial charge in [-0.1, -0.05) is 59.6 Å². The van der Waals surface area contributed by atoms with Crippen molar-refractivity contribution in [2.24, 2.45) is 0 Å². The number of carbonyl (C=O) groups is 2. The number of aromatic nitrogens is 1. The van der Waals surface area contributed by atoms with Crippen molar-refractivity contribution in [3.63, 3.8) is 0 Å². The largest absolute Gasteiger partial charge is 0.349 e. The van der Waals surface area contributed by atoms with Crippen LogP contribution in [0.15, 0.2) is 53.9 Å². The van der Waals surface area contributed by atoms with Crippen molar-refractivity contribution in [1.82, 2.24) is 10.3 Å². The zero-order valence-corrected chi connectivity index (χ0v) is 17.2. The molecule has 0 saturated carbocycles. The van der Waals surface area contributed by atoms with Crippen molar-refractivity contribution >= 4 is 51.5 Å². The van der Waals surface area contributed by atoms with Crippen molar-refractivity contribution in [2.75, 3.05) is 5.32 Å². The molecule has 3 rings (SSSR count). The van der Waals surface area contributed by atoms with E-state index in [0.29, 0.717) is 26.4 Å². The Labute approximate surface area is 176 Å². The Hall–Kier alpha value is -2.41. The third kappa shape index (κ3) is 5.10. The maximum absolute atomic E-state index is 12.5. The quantitative estimate of drug-likeness (QED) is 0.552. The molecule has 1 unspecified atom stereocenters. The molecule has 8 heteroatoms. The number of halogens is 2. The maximum atomic E-state index is 12.5. The highest BCUT2D eigenvalue weighted by Gasteiger charge is 2.20. The minimum absolute atomic E-state index is 0.0321. The molecule has 0 spiro atoms. The van der Waals surface area contributed by atoms with E-state index in [1.807, 2.05) is 29.6 Å². The second-order valence-corrected chi connectivity index (χ2v) is 7.72. The van der Waals surface area contributed by atoms with E-state index in [4.69, 9.17) is 23.2 Å². The zero-order valence-electron chi connectivity index (χ0n) is 14.9. The van der Waals surface area contributed by atoms with Crippen LogP contribution in [0, 0.1) is 0 Å². The van der Waals surface area contributed by atoms with Gasteiger partial charge in [0.2, 0.25) is 11.8 Å². The van der Waals surface area contributed by atoms with E-state index < -0.39 is 6.04 Å². The molecule has 3 aromatic rings. The predicted octanol–water partition coefficient (Wildman–Crippen LogP) is 5.32. The summed E-state index contributed by atoms with van der Waals surface area (Å²) in [5.41, 5.74) is 2.17. The van der Waals surface area contributed by atoms with Crippen LogP contribution >= 0.6 is 34.5 Å². The van der Waals surface area contributed by atoms with Crippen molar-refractivity contribution in [2.45, 2.75) is 19.4 Å². The lowest BCUT2D eigenvalue weighted by molar-refractivity contribution is -0.120. The van der Waals surface area contributed by atoms with Crippen LogP contribution in [0.25, 0.3) is 11.3 Å². The summed E-state index contributed by atoms with van der Waals surface area (Å²) in [6, 6.07) is 14.0. The summed E-state index contributed by atoms with van der Waals surface area (Å²) in [6.07, 6.45) is 0.0321. The standard InChI is InChI=1S/C20H17Cl2N3O2S/c1-12(26)23-17(13-6-2-4-8-15(13)21)10-19(27)25-20-24-18(11-28-20)14-7-3-5-9-16(14)22/h2-9,11,17H,10H2,1H3,(H,23,26)(H,24,25,27). The number of rotatable bonds is 6. The Morgan fingerprint density at radius 1 is 1.07 bits per heavy atom. The molecule has 0 aliphatic rings. The van der Waals surface area contributed by atoms with E-state index in [1.54, 1.807) is 24.3 Å². The summed E-state index contributed by atoms with van der Waals surface area (Å²) in [6.45, 7) is 1.40. The lowest BCUT2D eigenvalue weighted by Gasteiger charge is -2.18. The van der Waals surface area contributed by atoms with Gasteiger partial charge >= 0.3 is 0 Å². The van der Waals surface area contributed by atoms with Gasteiger partial charge in [0.15, 0.2) is 5.13 Å². The molecule has 2 amide bonds.